The van der Waals surface area contributed by atoms with Crippen LogP contribution in [0.3, 0.4) is 0 Å². The van der Waals surface area contributed by atoms with E-state index >= 15 is 0 Å². The molecule has 18 heavy (non-hydrogen) atoms. The lowest BCUT2D eigenvalue weighted by molar-refractivity contribution is -0.124. The lowest BCUT2D eigenvalue weighted by Gasteiger charge is -2.16. The second kappa shape index (κ2) is 5.61. The first-order chi connectivity index (χ1) is 8.38. The third-order valence-electron chi connectivity index (χ3n) is 2.51. The second-order valence-electron chi connectivity index (χ2n) is 4.33. The number of amides is 1. The number of hydrogen-bond donors (Lipinski definition) is 2. The molecule has 0 radical (unpaired) electrons. The number of hydrogen-bond acceptors (Lipinski definition) is 4. The van der Waals surface area contributed by atoms with Crippen molar-refractivity contribution >= 4 is 11.9 Å². The van der Waals surface area contributed by atoms with Gasteiger partial charge in [0.15, 0.2) is 5.69 Å². The van der Waals surface area contributed by atoms with Gasteiger partial charge in [0, 0.05) is 6.04 Å². The number of aromatic carboxylic acids is 1. The van der Waals surface area contributed by atoms with Crippen LogP contribution in [0.5, 0.6) is 0 Å². The molecule has 1 atom stereocenters. The van der Waals surface area contributed by atoms with Gasteiger partial charge in [-0.15, -0.1) is 5.10 Å². The van der Waals surface area contributed by atoms with Crippen LogP contribution in [0.25, 0.3) is 0 Å². The van der Waals surface area contributed by atoms with E-state index in [1.807, 2.05) is 13.8 Å². The fourth-order valence-electron chi connectivity index (χ4n) is 1.64. The summed E-state index contributed by atoms with van der Waals surface area (Å²) in [4.78, 5) is 22.8. The Bertz CT molecular complexity index is 453. The molecule has 1 amide bonds. The van der Waals surface area contributed by atoms with Gasteiger partial charge in [0.25, 0.3) is 0 Å². The SMILES string of the molecule is CCc1c(C(=O)O)nnn1C(C)C(=O)NC(C)C. The predicted molar refractivity (Wildman–Crippen MR) is 64.3 cm³/mol. The molecule has 0 saturated heterocycles. The van der Waals surface area contributed by atoms with Crippen LogP contribution in [0.1, 0.15) is 49.9 Å². The number of carboxylic acid groups (broad SMARTS) is 1. The van der Waals surface area contributed by atoms with Crippen LogP contribution in [-0.2, 0) is 11.2 Å². The Kier molecular flexibility index (Phi) is 4.41. The largest absolute Gasteiger partial charge is 0.476 e. The average molecular weight is 254 g/mol. The molecule has 0 aliphatic heterocycles. The maximum Gasteiger partial charge on any atom is 0.358 e. The Hall–Kier alpha value is -1.92. The Morgan fingerprint density at radius 2 is 2.00 bits per heavy atom. The third-order valence-corrected chi connectivity index (χ3v) is 2.51. The second-order valence-corrected chi connectivity index (χ2v) is 4.33. The van der Waals surface area contributed by atoms with Gasteiger partial charge in [-0.3, -0.25) is 4.79 Å². The van der Waals surface area contributed by atoms with E-state index in [9.17, 15) is 9.59 Å². The Labute approximate surface area is 105 Å². The number of aromatic nitrogens is 3. The van der Waals surface area contributed by atoms with Gasteiger partial charge >= 0.3 is 5.97 Å². The summed E-state index contributed by atoms with van der Waals surface area (Å²) in [6.07, 6.45) is 0.452. The highest BCUT2D eigenvalue weighted by atomic mass is 16.4. The van der Waals surface area contributed by atoms with Crippen molar-refractivity contribution in [3.8, 4) is 0 Å². The van der Waals surface area contributed by atoms with Crippen molar-refractivity contribution in [2.24, 2.45) is 0 Å². The number of rotatable bonds is 5. The number of carboxylic acids is 1. The topological polar surface area (TPSA) is 97.1 Å². The first-order valence-electron chi connectivity index (χ1n) is 5.86. The number of nitrogens with zero attached hydrogens (tertiary/aromatic N) is 3. The van der Waals surface area contributed by atoms with Crippen molar-refractivity contribution in [3.05, 3.63) is 11.4 Å². The van der Waals surface area contributed by atoms with E-state index in [1.165, 1.54) is 4.68 Å². The third kappa shape index (κ3) is 2.85. The van der Waals surface area contributed by atoms with E-state index in [-0.39, 0.29) is 17.6 Å². The van der Waals surface area contributed by atoms with Gasteiger partial charge in [0.1, 0.15) is 6.04 Å². The fourth-order valence-corrected chi connectivity index (χ4v) is 1.64. The molecule has 1 unspecified atom stereocenters. The summed E-state index contributed by atoms with van der Waals surface area (Å²) in [7, 11) is 0. The maximum absolute atomic E-state index is 11.9. The van der Waals surface area contributed by atoms with Gasteiger partial charge in [-0.2, -0.15) is 0 Å². The molecule has 1 aromatic heterocycles. The number of carbonyl (C=O) groups is 2. The molecule has 0 bridgehead atoms. The molecule has 1 rings (SSSR count). The molecule has 0 aliphatic rings. The molecule has 7 heteroatoms. The molecule has 0 spiro atoms. The normalized spacial score (nSPS) is 12.5. The molecule has 100 valence electrons. The number of carbonyl (C=O) groups excluding carboxylic acids is 1. The molecule has 0 aliphatic carbocycles. The van der Waals surface area contributed by atoms with Crippen molar-refractivity contribution < 1.29 is 14.7 Å². The predicted octanol–water partition coefficient (Wildman–Crippen LogP) is 0.624. The molecule has 0 fully saturated rings. The summed E-state index contributed by atoms with van der Waals surface area (Å²) in [6, 6.07) is -0.560. The van der Waals surface area contributed by atoms with E-state index in [0.29, 0.717) is 12.1 Å². The summed E-state index contributed by atoms with van der Waals surface area (Å²) >= 11 is 0. The zero-order valence-corrected chi connectivity index (χ0v) is 11.0. The monoisotopic (exact) mass is 254 g/mol. The lowest BCUT2D eigenvalue weighted by atomic mass is 10.2. The minimum Gasteiger partial charge on any atom is -0.476 e. The van der Waals surface area contributed by atoms with Gasteiger partial charge in [-0.25, -0.2) is 9.48 Å². The minimum atomic E-state index is -1.13. The Balaban J connectivity index is 3.02. The van der Waals surface area contributed by atoms with Gasteiger partial charge in [0.2, 0.25) is 5.91 Å². The lowest BCUT2D eigenvalue weighted by Crippen LogP contribution is -2.36. The highest BCUT2D eigenvalue weighted by Crippen LogP contribution is 2.13. The van der Waals surface area contributed by atoms with Crippen molar-refractivity contribution in [2.75, 3.05) is 0 Å². The van der Waals surface area contributed by atoms with Gasteiger partial charge < -0.3 is 10.4 Å². The summed E-state index contributed by atoms with van der Waals surface area (Å²) in [6.45, 7) is 7.18. The molecular weight excluding hydrogens is 236 g/mol. The van der Waals surface area contributed by atoms with Crippen LogP contribution in [0.2, 0.25) is 0 Å². The fraction of sp³-hybridized carbons (Fsp3) is 0.636. The Morgan fingerprint density at radius 1 is 1.39 bits per heavy atom. The molecule has 0 saturated carbocycles. The van der Waals surface area contributed by atoms with E-state index in [1.54, 1.807) is 13.8 Å². The van der Waals surface area contributed by atoms with Gasteiger partial charge in [-0.1, -0.05) is 12.1 Å². The average Bonchev–Trinajstić information content (AvgIpc) is 2.70. The van der Waals surface area contributed by atoms with E-state index < -0.39 is 12.0 Å². The Morgan fingerprint density at radius 3 is 2.44 bits per heavy atom. The zero-order valence-electron chi connectivity index (χ0n) is 11.0. The first kappa shape index (κ1) is 14.1. The highest BCUT2D eigenvalue weighted by molar-refractivity contribution is 5.87. The highest BCUT2D eigenvalue weighted by Gasteiger charge is 2.24. The zero-order chi connectivity index (χ0) is 13.9. The van der Waals surface area contributed by atoms with Crippen LogP contribution in [0.4, 0.5) is 0 Å². The van der Waals surface area contributed by atoms with Crippen molar-refractivity contribution in [1.82, 2.24) is 20.3 Å². The van der Waals surface area contributed by atoms with Crippen molar-refractivity contribution in [3.63, 3.8) is 0 Å². The van der Waals surface area contributed by atoms with Crippen LogP contribution >= 0.6 is 0 Å². The summed E-state index contributed by atoms with van der Waals surface area (Å²) in [5.74, 6) is -1.34. The molecule has 2 N–H and O–H groups in total. The molecule has 7 nitrogen and oxygen atoms in total. The van der Waals surface area contributed by atoms with Crippen LogP contribution in [-0.4, -0.2) is 38.0 Å². The standard InChI is InChI=1S/C11H18N4O3/c1-5-8-9(11(17)18)13-14-15(8)7(4)10(16)12-6(2)3/h6-7H,5H2,1-4H3,(H,12,16)(H,17,18). The molecule has 1 heterocycles. The van der Waals surface area contributed by atoms with E-state index in [0.717, 1.165) is 0 Å². The summed E-state index contributed by atoms with van der Waals surface area (Å²) in [5.41, 5.74) is 0.357. The van der Waals surface area contributed by atoms with Crippen molar-refractivity contribution in [2.45, 2.75) is 46.2 Å². The maximum atomic E-state index is 11.9. The van der Waals surface area contributed by atoms with Crippen LogP contribution < -0.4 is 5.32 Å². The van der Waals surface area contributed by atoms with Crippen molar-refractivity contribution in [1.29, 1.82) is 0 Å². The molecular formula is C11H18N4O3. The summed E-state index contributed by atoms with van der Waals surface area (Å²) in [5, 5.41) is 19.1. The summed E-state index contributed by atoms with van der Waals surface area (Å²) < 4.78 is 1.36. The van der Waals surface area contributed by atoms with Gasteiger partial charge in [0.05, 0.1) is 5.69 Å². The smallest absolute Gasteiger partial charge is 0.358 e. The van der Waals surface area contributed by atoms with Gasteiger partial charge in [-0.05, 0) is 27.2 Å². The van der Waals surface area contributed by atoms with E-state index in [4.69, 9.17) is 5.11 Å². The molecule has 1 aromatic rings. The number of nitrogens with one attached hydrogen (secondary N) is 1. The van der Waals surface area contributed by atoms with E-state index in [2.05, 4.69) is 15.6 Å². The molecule has 0 aromatic carbocycles. The first-order valence-corrected chi connectivity index (χ1v) is 5.86. The quantitative estimate of drug-likeness (QED) is 0.803. The minimum absolute atomic E-state index is 0.0208. The van der Waals surface area contributed by atoms with Crippen LogP contribution in [0.15, 0.2) is 0 Å². The van der Waals surface area contributed by atoms with Crippen LogP contribution in [0, 0.1) is 0 Å².